The standard InChI is InChI=1S/C14H14F2N4O5/c1-7-11(20(22)23)12(19(2)18-7)13(21)17-8-4-5-9(25-14(15)16)10(6-8)24-3/h4-6,14H,1-3H3,(H,17,21). The van der Waals surface area contributed by atoms with Gasteiger partial charge in [-0.2, -0.15) is 13.9 Å². The summed E-state index contributed by atoms with van der Waals surface area (Å²) in [5, 5.41) is 17.4. The number of nitrogens with one attached hydrogen (secondary N) is 1. The zero-order valence-corrected chi connectivity index (χ0v) is 13.4. The first kappa shape index (κ1) is 18.1. The first-order chi connectivity index (χ1) is 11.7. The summed E-state index contributed by atoms with van der Waals surface area (Å²) in [6, 6.07) is 3.74. The maximum atomic E-state index is 12.4. The Morgan fingerprint density at radius 3 is 2.64 bits per heavy atom. The number of aryl methyl sites for hydroxylation is 2. The molecule has 11 heteroatoms. The highest BCUT2D eigenvalue weighted by atomic mass is 19.3. The molecule has 1 amide bonds. The summed E-state index contributed by atoms with van der Waals surface area (Å²) in [5.74, 6) is -1.02. The van der Waals surface area contributed by atoms with E-state index in [0.29, 0.717) is 0 Å². The number of carbonyl (C=O) groups excluding carboxylic acids is 1. The normalized spacial score (nSPS) is 10.6. The summed E-state index contributed by atoms with van der Waals surface area (Å²) in [6.07, 6.45) is 0. The third kappa shape index (κ3) is 3.82. The first-order valence-corrected chi connectivity index (χ1v) is 6.86. The number of hydrogen-bond acceptors (Lipinski definition) is 6. The highest BCUT2D eigenvalue weighted by molar-refractivity contribution is 6.06. The molecule has 1 heterocycles. The van der Waals surface area contributed by atoms with E-state index in [0.717, 1.165) is 4.68 Å². The number of nitro groups is 1. The average Bonchev–Trinajstić information content (AvgIpc) is 2.82. The number of anilines is 1. The zero-order valence-electron chi connectivity index (χ0n) is 13.4. The van der Waals surface area contributed by atoms with Crippen LogP contribution in [0.2, 0.25) is 0 Å². The van der Waals surface area contributed by atoms with Crippen molar-refractivity contribution in [2.45, 2.75) is 13.5 Å². The second-order valence-corrected chi connectivity index (χ2v) is 4.86. The Labute approximate surface area is 140 Å². The van der Waals surface area contributed by atoms with Crippen LogP contribution in [-0.2, 0) is 7.05 Å². The third-order valence-electron chi connectivity index (χ3n) is 3.23. The molecule has 0 atom stereocenters. The molecule has 2 rings (SSSR count). The van der Waals surface area contributed by atoms with Crippen LogP contribution in [0.15, 0.2) is 18.2 Å². The Morgan fingerprint density at radius 2 is 2.08 bits per heavy atom. The van der Waals surface area contributed by atoms with Crippen LogP contribution in [0, 0.1) is 17.0 Å². The fourth-order valence-corrected chi connectivity index (χ4v) is 2.25. The molecular weight excluding hydrogens is 342 g/mol. The van der Waals surface area contributed by atoms with Gasteiger partial charge in [0.15, 0.2) is 11.5 Å². The van der Waals surface area contributed by atoms with E-state index >= 15 is 0 Å². The van der Waals surface area contributed by atoms with Gasteiger partial charge in [0.05, 0.1) is 12.0 Å². The van der Waals surface area contributed by atoms with Crippen molar-refractivity contribution in [1.82, 2.24) is 9.78 Å². The molecule has 2 aromatic rings. The van der Waals surface area contributed by atoms with Gasteiger partial charge in [-0.15, -0.1) is 0 Å². The van der Waals surface area contributed by atoms with Crippen molar-refractivity contribution in [2.75, 3.05) is 12.4 Å². The Bertz CT molecular complexity index is 822. The van der Waals surface area contributed by atoms with E-state index in [1.165, 1.54) is 39.3 Å². The number of carbonyl (C=O) groups is 1. The van der Waals surface area contributed by atoms with Gasteiger partial charge >= 0.3 is 12.3 Å². The number of aromatic nitrogens is 2. The van der Waals surface area contributed by atoms with Crippen molar-refractivity contribution in [3.05, 3.63) is 39.7 Å². The molecule has 0 aliphatic heterocycles. The lowest BCUT2D eigenvalue weighted by Gasteiger charge is -2.12. The van der Waals surface area contributed by atoms with Crippen LogP contribution in [0.25, 0.3) is 0 Å². The van der Waals surface area contributed by atoms with Crippen molar-refractivity contribution >= 4 is 17.3 Å². The first-order valence-electron chi connectivity index (χ1n) is 6.86. The van der Waals surface area contributed by atoms with Crippen molar-refractivity contribution in [3.8, 4) is 11.5 Å². The van der Waals surface area contributed by atoms with Crippen LogP contribution >= 0.6 is 0 Å². The summed E-state index contributed by atoms with van der Waals surface area (Å²) >= 11 is 0. The molecule has 0 fully saturated rings. The molecule has 0 radical (unpaired) electrons. The molecule has 0 bridgehead atoms. The minimum Gasteiger partial charge on any atom is -0.493 e. The van der Waals surface area contributed by atoms with E-state index in [2.05, 4.69) is 15.2 Å². The van der Waals surface area contributed by atoms with Gasteiger partial charge in [0.1, 0.15) is 5.69 Å². The number of ether oxygens (including phenoxy) is 2. The van der Waals surface area contributed by atoms with Gasteiger partial charge in [-0.25, -0.2) is 0 Å². The van der Waals surface area contributed by atoms with Gasteiger partial charge in [0.2, 0.25) is 5.69 Å². The van der Waals surface area contributed by atoms with E-state index in [1.807, 2.05) is 0 Å². The molecule has 0 saturated heterocycles. The zero-order chi connectivity index (χ0) is 18.7. The van der Waals surface area contributed by atoms with Crippen LogP contribution in [0.5, 0.6) is 11.5 Å². The monoisotopic (exact) mass is 356 g/mol. The van der Waals surface area contributed by atoms with Gasteiger partial charge in [-0.1, -0.05) is 0 Å². The molecule has 25 heavy (non-hydrogen) atoms. The van der Waals surface area contributed by atoms with Crippen molar-refractivity contribution < 1.29 is 28.0 Å². The number of alkyl halides is 2. The van der Waals surface area contributed by atoms with Gasteiger partial charge in [0.25, 0.3) is 5.91 Å². The molecule has 1 N–H and O–H groups in total. The molecule has 0 aliphatic carbocycles. The van der Waals surface area contributed by atoms with E-state index in [-0.39, 0.29) is 28.6 Å². The summed E-state index contributed by atoms with van der Waals surface area (Å²) in [7, 11) is 2.64. The number of hydrogen-bond donors (Lipinski definition) is 1. The molecule has 9 nitrogen and oxygen atoms in total. The minimum absolute atomic E-state index is 0.0335. The van der Waals surface area contributed by atoms with E-state index in [4.69, 9.17) is 4.74 Å². The number of methoxy groups -OCH3 is 1. The van der Waals surface area contributed by atoms with Crippen LogP contribution < -0.4 is 14.8 Å². The number of halogens is 2. The van der Waals surface area contributed by atoms with Gasteiger partial charge in [-0.05, 0) is 19.1 Å². The van der Waals surface area contributed by atoms with Gasteiger partial charge in [-0.3, -0.25) is 19.6 Å². The molecule has 0 aliphatic rings. The van der Waals surface area contributed by atoms with Crippen LogP contribution in [0.3, 0.4) is 0 Å². The van der Waals surface area contributed by atoms with Gasteiger partial charge < -0.3 is 14.8 Å². The van der Waals surface area contributed by atoms with Crippen LogP contribution in [0.1, 0.15) is 16.2 Å². The second-order valence-electron chi connectivity index (χ2n) is 4.86. The third-order valence-corrected chi connectivity index (χ3v) is 3.23. The predicted molar refractivity (Wildman–Crippen MR) is 82.2 cm³/mol. The summed E-state index contributed by atoms with van der Waals surface area (Å²) < 4.78 is 34.9. The number of benzene rings is 1. The number of amides is 1. The SMILES string of the molecule is COc1cc(NC(=O)c2c([N+](=O)[O-])c(C)nn2C)ccc1OC(F)F. The molecule has 0 unspecified atom stereocenters. The van der Waals surface area contributed by atoms with E-state index in [1.54, 1.807) is 0 Å². The van der Waals surface area contributed by atoms with Crippen molar-refractivity contribution in [1.29, 1.82) is 0 Å². The van der Waals surface area contributed by atoms with Crippen LogP contribution in [0.4, 0.5) is 20.2 Å². The second kappa shape index (κ2) is 7.11. The molecule has 1 aromatic carbocycles. The maximum absolute atomic E-state index is 12.4. The maximum Gasteiger partial charge on any atom is 0.387 e. The smallest absolute Gasteiger partial charge is 0.387 e. The fourth-order valence-electron chi connectivity index (χ4n) is 2.25. The highest BCUT2D eigenvalue weighted by Gasteiger charge is 2.29. The van der Waals surface area contributed by atoms with E-state index in [9.17, 15) is 23.7 Å². The molecular formula is C14H14F2N4O5. The van der Waals surface area contributed by atoms with Crippen molar-refractivity contribution in [3.63, 3.8) is 0 Å². The Kier molecular flexibility index (Phi) is 5.15. The summed E-state index contributed by atoms with van der Waals surface area (Å²) in [5.41, 5.74) is -0.383. The summed E-state index contributed by atoms with van der Waals surface area (Å²) in [4.78, 5) is 22.8. The Hall–Kier alpha value is -3.24. The minimum atomic E-state index is -3.03. The summed E-state index contributed by atoms with van der Waals surface area (Å²) in [6.45, 7) is -1.62. The lowest BCUT2D eigenvalue weighted by atomic mass is 10.2. The number of nitrogens with zero attached hydrogens (tertiary/aromatic N) is 3. The molecule has 0 saturated carbocycles. The fraction of sp³-hybridized carbons (Fsp3) is 0.286. The topological polar surface area (TPSA) is 109 Å². The Morgan fingerprint density at radius 1 is 1.40 bits per heavy atom. The predicted octanol–water partition coefficient (Wildman–Crippen LogP) is 2.50. The van der Waals surface area contributed by atoms with Gasteiger partial charge in [0, 0.05) is 18.8 Å². The average molecular weight is 356 g/mol. The molecule has 1 aromatic heterocycles. The Balaban J connectivity index is 2.31. The lowest BCUT2D eigenvalue weighted by molar-refractivity contribution is -0.385. The quantitative estimate of drug-likeness (QED) is 0.629. The van der Waals surface area contributed by atoms with E-state index < -0.39 is 23.1 Å². The van der Waals surface area contributed by atoms with Crippen LogP contribution in [-0.4, -0.2) is 34.3 Å². The molecule has 134 valence electrons. The molecule has 0 spiro atoms. The highest BCUT2D eigenvalue weighted by Crippen LogP contribution is 2.32. The number of rotatable bonds is 6. The largest absolute Gasteiger partial charge is 0.493 e. The lowest BCUT2D eigenvalue weighted by Crippen LogP contribution is -2.17. The van der Waals surface area contributed by atoms with Crippen molar-refractivity contribution in [2.24, 2.45) is 7.05 Å².